The minimum Gasteiger partial charge on any atom is -0.330 e. The van der Waals surface area contributed by atoms with Crippen LogP contribution in [0.5, 0.6) is 0 Å². The van der Waals surface area contributed by atoms with E-state index >= 15 is 0 Å². The minimum atomic E-state index is 0.411. The van der Waals surface area contributed by atoms with E-state index in [-0.39, 0.29) is 0 Å². The van der Waals surface area contributed by atoms with Crippen LogP contribution in [-0.4, -0.2) is 13.6 Å². The van der Waals surface area contributed by atoms with Gasteiger partial charge in [0.05, 0.1) is 0 Å². The molecule has 2 nitrogen and oxygen atoms in total. The zero-order chi connectivity index (χ0) is 13.0. The summed E-state index contributed by atoms with van der Waals surface area (Å²) in [4.78, 5) is 0. The molecule has 1 aromatic rings. The van der Waals surface area contributed by atoms with Crippen molar-refractivity contribution < 1.29 is 0 Å². The lowest BCUT2D eigenvalue weighted by molar-refractivity contribution is 0.435. The fraction of sp³-hybridized carbons (Fsp3) is 0.600. The van der Waals surface area contributed by atoms with Gasteiger partial charge in [0.2, 0.25) is 0 Å². The quantitative estimate of drug-likeness (QED) is 0.822. The molecule has 0 aliphatic rings. The maximum absolute atomic E-state index is 5.73. The molecule has 0 heterocycles. The molecule has 3 N–H and O–H groups in total. The first kappa shape index (κ1) is 14.2. The van der Waals surface area contributed by atoms with Gasteiger partial charge in [-0.15, -0.1) is 0 Å². The lowest BCUT2D eigenvalue weighted by atomic mass is 9.89. The molecule has 0 bridgehead atoms. The molecule has 17 heavy (non-hydrogen) atoms. The van der Waals surface area contributed by atoms with E-state index in [9.17, 15) is 0 Å². The Labute approximate surface area is 106 Å². The molecule has 96 valence electrons. The highest BCUT2D eigenvalue weighted by Gasteiger charge is 2.17. The molecule has 1 rings (SSSR count). The summed E-state index contributed by atoms with van der Waals surface area (Å²) in [5, 5.41) is 3.43. The van der Waals surface area contributed by atoms with E-state index in [1.165, 1.54) is 22.3 Å². The van der Waals surface area contributed by atoms with Crippen molar-refractivity contribution in [3.8, 4) is 0 Å². The van der Waals surface area contributed by atoms with Gasteiger partial charge < -0.3 is 11.1 Å². The Bertz CT molecular complexity index is 348. The second-order valence-corrected chi connectivity index (χ2v) is 5.23. The van der Waals surface area contributed by atoms with Gasteiger partial charge in [-0.3, -0.25) is 0 Å². The van der Waals surface area contributed by atoms with Gasteiger partial charge in [0.15, 0.2) is 0 Å². The average Bonchev–Trinajstić information content (AvgIpc) is 2.25. The molecule has 0 spiro atoms. The van der Waals surface area contributed by atoms with Gasteiger partial charge in [-0.2, -0.15) is 0 Å². The Kier molecular flexibility index (Phi) is 5.16. The second kappa shape index (κ2) is 6.18. The predicted octanol–water partition coefficient (Wildman–Crippen LogP) is 2.86. The normalized spacial score (nSPS) is 14.7. The third-order valence-electron chi connectivity index (χ3n) is 3.48. The van der Waals surface area contributed by atoms with E-state index in [0.717, 1.165) is 13.0 Å². The summed E-state index contributed by atoms with van der Waals surface area (Å²) in [7, 11) is 2.03. The molecular formula is C15H26N2. The molecule has 2 unspecified atom stereocenters. The highest BCUT2D eigenvalue weighted by Crippen LogP contribution is 2.27. The SMILES string of the molecule is CNC(CC(C)CN)c1c(C)cc(C)cc1C. The molecule has 0 aromatic heterocycles. The number of benzene rings is 1. The van der Waals surface area contributed by atoms with Crippen LogP contribution in [0.3, 0.4) is 0 Å². The minimum absolute atomic E-state index is 0.411. The molecule has 0 amide bonds. The van der Waals surface area contributed by atoms with Crippen LogP contribution < -0.4 is 11.1 Å². The van der Waals surface area contributed by atoms with E-state index < -0.39 is 0 Å². The molecule has 0 fully saturated rings. The van der Waals surface area contributed by atoms with E-state index in [2.05, 4.69) is 45.1 Å². The first-order valence-corrected chi connectivity index (χ1v) is 6.44. The van der Waals surface area contributed by atoms with Crippen molar-refractivity contribution >= 4 is 0 Å². The van der Waals surface area contributed by atoms with Gasteiger partial charge in [0.25, 0.3) is 0 Å². The lowest BCUT2D eigenvalue weighted by Crippen LogP contribution is -2.24. The lowest BCUT2D eigenvalue weighted by Gasteiger charge is -2.24. The maximum Gasteiger partial charge on any atom is 0.0325 e. The topological polar surface area (TPSA) is 38.0 Å². The standard InChI is InChI=1S/C15H26N2/c1-10-6-12(3)15(13(4)7-10)14(17-5)8-11(2)9-16/h6-7,11,14,17H,8-9,16H2,1-5H3. The van der Waals surface area contributed by atoms with Gasteiger partial charge in [0, 0.05) is 6.04 Å². The summed E-state index contributed by atoms with van der Waals surface area (Å²) in [6.07, 6.45) is 1.09. The third kappa shape index (κ3) is 3.55. The molecular weight excluding hydrogens is 208 g/mol. The van der Waals surface area contributed by atoms with Gasteiger partial charge in [-0.05, 0) is 63.4 Å². The Balaban J connectivity index is 3.03. The highest BCUT2D eigenvalue weighted by molar-refractivity contribution is 5.39. The monoisotopic (exact) mass is 234 g/mol. The van der Waals surface area contributed by atoms with E-state index in [0.29, 0.717) is 12.0 Å². The predicted molar refractivity (Wildman–Crippen MR) is 75.3 cm³/mol. The highest BCUT2D eigenvalue weighted by atomic mass is 14.9. The number of hydrogen-bond donors (Lipinski definition) is 2. The van der Waals surface area contributed by atoms with E-state index in [1.54, 1.807) is 0 Å². The van der Waals surface area contributed by atoms with Gasteiger partial charge in [0.1, 0.15) is 0 Å². The first-order valence-electron chi connectivity index (χ1n) is 6.44. The number of nitrogens with two attached hydrogens (primary N) is 1. The zero-order valence-electron chi connectivity index (χ0n) is 11.8. The van der Waals surface area contributed by atoms with Crippen LogP contribution in [0.4, 0.5) is 0 Å². The largest absolute Gasteiger partial charge is 0.330 e. The van der Waals surface area contributed by atoms with Crippen molar-refractivity contribution in [2.75, 3.05) is 13.6 Å². The summed E-state index contributed by atoms with van der Waals surface area (Å²) < 4.78 is 0. The summed E-state index contributed by atoms with van der Waals surface area (Å²) >= 11 is 0. The molecule has 2 atom stereocenters. The van der Waals surface area contributed by atoms with Crippen LogP contribution in [0.2, 0.25) is 0 Å². The van der Waals surface area contributed by atoms with Crippen LogP contribution >= 0.6 is 0 Å². The summed E-state index contributed by atoms with van der Waals surface area (Å²) in [5.74, 6) is 0.549. The molecule has 0 saturated heterocycles. The molecule has 0 aliphatic heterocycles. The Morgan fingerprint density at radius 3 is 2.12 bits per heavy atom. The summed E-state index contributed by atoms with van der Waals surface area (Å²) in [6, 6.07) is 4.94. The first-order chi connectivity index (χ1) is 7.99. The van der Waals surface area contributed by atoms with Crippen molar-refractivity contribution in [1.29, 1.82) is 0 Å². The van der Waals surface area contributed by atoms with Crippen molar-refractivity contribution in [3.63, 3.8) is 0 Å². The zero-order valence-corrected chi connectivity index (χ0v) is 11.8. The van der Waals surface area contributed by atoms with Gasteiger partial charge in [-0.25, -0.2) is 0 Å². The number of hydrogen-bond acceptors (Lipinski definition) is 2. The van der Waals surface area contributed by atoms with Crippen LogP contribution in [0.25, 0.3) is 0 Å². The summed E-state index contributed by atoms with van der Waals surface area (Å²) in [5.41, 5.74) is 11.3. The smallest absolute Gasteiger partial charge is 0.0325 e. The van der Waals surface area contributed by atoms with E-state index in [1.807, 2.05) is 7.05 Å². The molecule has 0 aliphatic carbocycles. The number of nitrogens with one attached hydrogen (secondary N) is 1. The van der Waals surface area contributed by atoms with Crippen molar-refractivity contribution in [2.24, 2.45) is 11.7 Å². The van der Waals surface area contributed by atoms with Crippen molar-refractivity contribution in [2.45, 2.75) is 40.2 Å². The number of aryl methyl sites for hydroxylation is 3. The van der Waals surface area contributed by atoms with Gasteiger partial charge >= 0.3 is 0 Å². The summed E-state index contributed by atoms with van der Waals surface area (Å²) in [6.45, 7) is 9.52. The molecule has 0 saturated carbocycles. The second-order valence-electron chi connectivity index (χ2n) is 5.23. The van der Waals surface area contributed by atoms with Crippen LogP contribution in [-0.2, 0) is 0 Å². The fourth-order valence-corrected chi connectivity index (χ4v) is 2.62. The molecule has 2 heteroatoms. The molecule has 1 aromatic carbocycles. The van der Waals surface area contributed by atoms with E-state index in [4.69, 9.17) is 5.73 Å². The maximum atomic E-state index is 5.73. The van der Waals surface area contributed by atoms with Gasteiger partial charge in [-0.1, -0.05) is 24.6 Å². The van der Waals surface area contributed by atoms with Crippen LogP contribution in [0, 0.1) is 26.7 Å². The Hall–Kier alpha value is -0.860. The van der Waals surface area contributed by atoms with Crippen molar-refractivity contribution in [3.05, 3.63) is 34.4 Å². The third-order valence-corrected chi connectivity index (χ3v) is 3.48. The van der Waals surface area contributed by atoms with Crippen LogP contribution in [0.15, 0.2) is 12.1 Å². The van der Waals surface area contributed by atoms with Crippen LogP contribution in [0.1, 0.15) is 41.6 Å². The fourth-order valence-electron chi connectivity index (χ4n) is 2.62. The van der Waals surface area contributed by atoms with Crippen molar-refractivity contribution in [1.82, 2.24) is 5.32 Å². The number of rotatable bonds is 5. The Morgan fingerprint density at radius 1 is 1.18 bits per heavy atom. The average molecular weight is 234 g/mol. The molecule has 0 radical (unpaired) electrons. The Morgan fingerprint density at radius 2 is 1.71 bits per heavy atom.